The minimum atomic E-state index is -0.880. The Morgan fingerprint density at radius 1 is 1.30 bits per heavy atom. The average molecular weight is 474 g/mol. The molecule has 3 N–H and O–H groups in total. The van der Waals surface area contributed by atoms with E-state index in [1.807, 2.05) is 6.19 Å². The summed E-state index contributed by atoms with van der Waals surface area (Å²) in [5.74, 6) is -1.44. The summed E-state index contributed by atoms with van der Waals surface area (Å²) < 4.78 is 51.4. The molecule has 2 aromatic carbocycles. The second-order valence-corrected chi connectivity index (χ2v) is 9.12. The zero-order chi connectivity index (χ0) is 24.0. The van der Waals surface area contributed by atoms with Crippen LogP contribution in [0, 0.1) is 23.1 Å². The van der Waals surface area contributed by atoms with Crippen LogP contribution in [0.2, 0.25) is 0 Å². The van der Waals surface area contributed by atoms with Gasteiger partial charge in [-0.2, -0.15) is 9.62 Å². The van der Waals surface area contributed by atoms with Crippen LogP contribution in [-0.4, -0.2) is 18.1 Å². The maximum absolute atomic E-state index is 14.5. The molecule has 1 unspecified atom stereocenters. The van der Waals surface area contributed by atoms with Crippen molar-refractivity contribution in [3.63, 3.8) is 0 Å². The molecule has 33 heavy (non-hydrogen) atoms. The van der Waals surface area contributed by atoms with Gasteiger partial charge in [0.05, 0.1) is 7.11 Å². The van der Waals surface area contributed by atoms with Gasteiger partial charge in [-0.25, -0.2) is 18.2 Å². The summed E-state index contributed by atoms with van der Waals surface area (Å²) in [6.45, 7) is 3.76. The van der Waals surface area contributed by atoms with Crippen molar-refractivity contribution in [1.82, 2.24) is 0 Å². The molecule has 1 saturated carbocycles. The molecule has 2 aromatic rings. The molecular formula is C23H22F3N5OS. The van der Waals surface area contributed by atoms with Crippen LogP contribution in [0.25, 0.3) is 0 Å². The molecule has 1 atom stereocenters. The standard InChI is InChI=1S/C23H22F3N5OS/c1-14(31-23(21(26)11-27)20-6-3-16(24)10-22(20)32-2)30-18-8-15(7-17(25)9-18)12-33(29-13-28)19-4-5-19/h3,6-11,19,30H,1,4-5,12,27H2,2H3/b21-11+,31-23-. The van der Waals surface area contributed by atoms with Crippen molar-refractivity contribution in [1.29, 1.82) is 5.26 Å². The van der Waals surface area contributed by atoms with Gasteiger partial charge in [0.2, 0.25) is 6.19 Å². The van der Waals surface area contributed by atoms with Crippen LogP contribution in [0.15, 0.2) is 70.2 Å². The predicted molar refractivity (Wildman–Crippen MR) is 124 cm³/mol. The fraction of sp³-hybridized carbons (Fsp3) is 0.217. The maximum atomic E-state index is 14.5. The number of benzene rings is 2. The number of nitrogens with one attached hydrogen (secondary N) is 1. The number of methoxy groups -OCH3 is 1. The third kappa shape index (κ3) is 6.46. The van der Waals surface area contributed by atoms with Crippen molar-refractivity contribution in [3.8, 4) is 11.9 Å². The first kappa shape index (κ1) is 24.1. The molecule has 3 rings (SSSR count). The molecule has 1 aliphatic rings. The van der Waals surface area contributed by atoms with E-state index in [9.17, 15) is 13.2 Å². The molecule has 1 fully saturated rings. The number of allylic oxidation sites excluding steroid dienone is 1. The van der Waals surface area contributed by atoms with E-state index in [0.717, 1.165) is 25.0 Å². The Kier molecular flexibility index (Phi) is 7.90. The van der Waals surface area contributed by atoms with Crippen LogP contribution in [-0.2, 0) is 16.4 Å². The SMILES string of the molecule is C=C(/N=C(\C(F)=C/N)c1ccc(F)cc1OC)Nc1cc(F)cc(CS(=NC#N)C2CC2)c1. The van der Waals surface area contributed by atoms with Crippen molar-refractivity contribution >= 4 is 22.1 Å². The molecule has 0 bridgehead atoms. The van der Waals surface area contributed by atoms with Gasteiger partial charge >= 0.3 is 0 Å². The number of anilines is 1. The molecule has 6 nitrogen and oxygen atoms in total. The van der Waals surface area contributed by atoms with Gasteiger partial charge in [-0.3, -0.25) is 0 Å². The maximum Gasteiger partial charge on any atom is 0.212 e. The van der Waals surface area contributed by atoms with Crippen LogP contribution in [0.3, 0.4) is 0 Å². The summed E-state index contributed by atoms with van der Waals surface area (Å²) in [5.41, 5.74) is 6.28. The van der Waals surface area contributed by atoms with Gasteiger partial charge in [-0.05, 0) is 48.7 Å². The number of hydrogen-bond acceptors (Lipinski definition) is 6. The Balaban J connectivity index is 1.88. The number of rotatable bonds is 9. The minimum absolute atomic E-state index is 0.00664. The van der Waals surface area contributed by atoms with Crippen molar-refractivity contribution in [2.24, 2.45) is 15.1 Å². The van der Waals surface area contributed by atoms with E-state index in [-0.39, 0.29) is 22.8 Å². The molecule has 10 heteroatoms. The van der Waals surface area contributed by atoms with Crippen LogP contribution < -0.4 is 15.8 Å². The molecule has 0 heterocycles. The van der Waals surface area contributed by atoms with Gasteiger partial charge in [-0.1, -0.05) is 17.3 Å². The molecular weight excluding hydrogens is 451 g/mol. The highest BCUT2D eigenvalue weighted by molar-refractivity contribution is 7.87. The van der Waals surface area contributed by atoms with E-state index in [0.29, 0.717) is 28.5 Å². The van der Waals surface area contributed by atoms with E-state index in [4.69, 9.17) is 15.7 Å². The van der Waals surface area contributed by atoms with Gasteiger partial charge in [0.15, 0.2) is 5.83 Å². The van der Waals surface area contributed by atoms with E-state index in [1.54, 1.807) is 6.07 Å². The summed E-state index contributed by atoms with van der Waals surface area (Å²) >= 11 is 0. The molecule has 172 valence electrons. The Morgan fingerprint density at radius 3 is 2.70 bits per heavy atom. The van der Waals surface area contributed by atoms with Crippen molar-refractivity contribution in [3.05, 3.63) is 83.6 Å². The van der Waals surface area contributed by atoms with Crippen molar-refractivity contribution in [2.45, 2.75) is 23.8 Å². The number of nitriles is 1. The van der Waals surface area contributed by atoms with Crippen LogP contribution in [0.4, 0.5) is 18.9 Å². The lowest BCUT2D eigenvalue weighted by Crippen LogP contribution is -2.09. The smallest absolute Gasteiger partial charge is 0.212 e. The first-order valence-corrected chi connectivity index (χ1v) is 11.3. The van der Waals surface area contributed by atoms with Gasteiger partial charge in [-0.15, -0.1) is 0 Å². The van der Waals surface area contributed by atoms with Crippen LogP contribution >= 0.6 is 0 Å². The van der Waals surface area contributed by atoms with Crippen molar-refractivity contribution < 1.29 is 17.9 Å². The number of nitrogens with zero attached hydrogens (tertiary/aromatic N) is 3. The average Bonchev–Trinajstić information content (AvgIpc) is 3.62. The number of aliphatic imine (C=N–C) groups is 1. The monoisotopic (exact) mass is 473 g/mol. The summed E-state index contributed by atoms with van der Waals surface area (Å²) in [6.07, 6.45) is 4.58. The quantitative estimate of drug-likeness (QED) is 0.393. The fourth-order valence-corrected chi connectivity index (χ4v) is 4.85. The lowest BCUT2D eigenvalue weighted by Gasteiger charge is -2.13. The van der Waals surface area contributed by atoms with E-state index < -0.39 is 28.2 Å². The number of nitrogens with two attached hydrogens (primary N) is 1. The zero-order valence-corrected chi connectivity index (χ0v) is 18.6. The first-order valence-electron chi connectivity index (χ1n) is 9.90. The van der Waals surface area contributed by atoms with E-state index in [1.165, 1.54) is 25.3 Å². The van der Waals surface area contributed by atoms with Crippen LogP contribution in [0.5, 0.6) is 5.75 Å². The first-order chi connectivity index (χ1) is 15.8. The normalized spacial score (nSPS) is 15.1. The summed E-state index contributed by atoms with van der Waals surface area (Å²) in [5, 5.41) is 12.1. The zero-order valence-electron chi connectivity index (χ0n) is 17.8. The lowest BCUT2D eigenvalue weighted by molar-refractivity contribution is 0.410. The largest absolute Gasteiger partial charge is 0.496 e. The predicted octanol–water partition coefficient (Wildman–Crippen LogP) is 5.06. The summed E-state index contributed by atoms with van der Waals surface area (Å²) in [6, 6.07) is 7.86. The van der Waals surface area contributed by atoms with Crippen molar-refractivity contribution in [2.75, 3.05) is 12.4 Å². The third-order valence-electron chi connectivity index (χ3n) is 4.67. The van der Waals surface area contributed by atoms with Crippen LogP contribution in [0.1, 0.15) is 24.0 Å². The molecule has 0 aliphatic heterocycles. The summed E-state index contributed by atoms with van der Waals surface area (Å²) in [7, 11) is 0.826. The molecule has 0 aromatic heterocycles. The molecule has 0 amide bonds. The second-order valence-electron chi connectivity index (χ2n) is 7.18. The molecule has 0 radical (unpaired) electrons. The highest BCUT2D eigenvalue weighted by Crippen LogP contribution is 2.30. The third-order valence-corrected chi connectivity index (χ3v) is 6.85. The number of halogens is 3. The second kappa shape index (κ2) is 10.8. The Bertz CT molecular complexity index is 1200. The lowest BCUT2D eigenvalue weighted by atomic mass is 10.1. The van der Waals surface area contributed by atoms with Gasteiger partial charge in [0.25, 0.3) is 0 Å². The Hall–Kier alpha value is -3.58. The molecule has 1 aliphatic carbocycles. The minimum Gasteiger partial charge on any atom is -0.496 e. The highest BCUT2D eigenvalue weighted by atomic mass is 32.2. The fourth-order valence-electron chi connectivity index (χ4n) is 3.11. The number of hydrogen-bond donors (Lipinski definition) is 2. The van der Waals surface area contributed by atoms with Gasteiger partial charge < -0.3 is 15.8 Å². The van der Waals surface area contributed by atoms with Gasteiger partial charge in [0.1, 0.15) is 28.9 Å². The molecule has 0 saturated heterocycles. The van der Waals surface area contributed by atoms with E-state index >= 15 is 0 Å². The summed E-state index contributed by atoms with van der Waals surface area (Å²) in [4.78, 5) is 4.14. The Morgan fingerprint density at radius 2 is 2.06 bits per heavy atom. The van der Waals surface area contributed by atoms with E-state index in [2.05, 4.69) is 21.3 Å². The number of ether oxygens (including phenoxy) is 1. The highest BCUT2D eigenvalue weighted by Gasteiger charge is 2.27. The topological polar surface area (TPSA) is 95.8 Å². The van der Waals surface area contributed by atoms with Gasteiger partial charge in [0, 0.05) is 34.5 Å². The molecule has 0 spiro atoms. The Labute approximate surface area is 192 Å².